The minimum absolute atomic E-state index is 0.376. The normalized spacial score (nSPS) is 12.1. The third-order valence-corrected chi connectivity index (χ3v) is 2.72. The molecule has 1 aromatic heterocycles. The monoisotopic (exact) mass is 259 g/mol. The number of fused-ring (bicyclic) bond motifs is 1. The molecule has 2 rings (SSSR count). The van der Waals surface area contributed by atoms with E-state index in [1.165, 1.54) is 11.6 Å². The van der Waals surface area contributed by atoms with E-state index >= 15 is 0 Å². The summed E-state index contributed by atoms with van der Waals surface area (Å²) in [7, 11) is 1.70. The molecule has 0 radical (unpaired) electrons. The summed E-state index contributed by atoms with van der Waals surface area (Å²) >= 11 is 0. The summed E-state index contributed by atoms with van der Waals surface area (Å²) in [5.74, 6) is -1.79. The highest BCUT2D eigenvalue weighted by Gasteiger charge is 2.18. The highest BCUT2D eigenvalue weighted by Crippen LogP contribution is 2.14. The number of aromatic nitrogens is 2. The Hall–Kier alpha value is -2.50. The average Bonchev–Trinajstić information content (AvgIpc) is 2.37. The smallest absolute Gasteiger partial charge is 0.258 e. The van der Waals surface area contributed by atoms with E-state index in [1.54, 1.807) is 31.4 Å². The third kappa shape index (κ3) is 2.67. The molecule has 98 valence electrons. The predicted octanol–water partition coefficient (Wildman–Crippen LogP) is -1.07. The van der Waals surface area contributed by atoms with Gasteiger partial charge in [0.1, 0.15) is 11.1 Å². The maximum absolute atomic E-state index is 12.1. The highest BCUT2D eigenvalue weighted by atomic mass is 16.4. The first kappa shape index (κ1) is 12.9. The van der Waals surface area contributed by atoms with Gasteiger partial charge in [0.25, 0.3) is 5.91 Å². The molecule has 1 heterocycles. The van der Waals surface area contributed by atoms with Crippen LogP contribution in [0.2, 0.25) is 0 Å². The molecule has 1 amide bonds. The van der Waals surface area contributed by atoms with E-state index in [9.17, 15) is 14.7 Å². The van der Waals surface area contributed by atoms with Crippen LogP contribution in [0.15, 0.2) is 30.5 Å². The third-order valence-electron chi connectivity index (χ3n) is 2.72. The molecular formula is C13H13N3O3. The van der Waals surface area contributed by atoms with Gasteiger partial charge in [0, 0.05) is 5.39 Å². The number of aliphatic carboxylic acids is 1. The molecule has 0 bridgehead atoms. The molecule has 0 aliphatic heterocycles. The van der Waals surface area contributed by atoms with Crippen molar-refractivity contribution < 1.29 is 19.4 Å². The summed E-state index contributed by atoms with van der Waals surface area (Å²) < 4.78 is 1.51. The number of aryl methyl sites for hydroxylation is 1. The van der Waals surface area contributed by atoms with E-state index in [0.717, 1.165) is 0 Å². The topological polar surface area (TPSA) is 86.0 Å². The number of benzene rings is 1. The predicted molar refractivity (Wildman–Crippen MR) is 64.9 cm³/mol. The van der Waals surface area contributed by atoms with Crippen molar-refractivity contribution in [2.75, 3.05) is 0 Å². The van der Waals surface area contributed by atoms with Gasteiger partial charge in [-0.1, -0.05) is 22.9 Å². The number of hydrogen-bond acceptors (Lipinski definition) is 4. The van der Waals surface area contributed by atoms with Gasteiger partial charge in [0.2, 0.25) is 6.20 Å². The molecule has 2 aromatic rings. The maximum Gasteiger partial charge on any atom is 0.258 e. The Morgan fingerprint density at radius 1 is 1.37 bits per heavy atom. The van der Waals surface area contributed by atoms with Gasteiger partial charge < -0.3 is 15.2 Å². The lowest BCUT2D eigenvalue weighted by molar-refractivity contribution is -0.728. The Kier molecular flexibility index (Phi) is 3.41. The molecule has 0 saturated carbocycles. The minimum Gasteiger partial charge on any atom is -0.548 e. The molecule has 0 fully saturated rings. The standard InChI is InChI=1S/C13H13N3O3/c1-8(13(18)19)14-12(17)10-7-16(2)15-11-6-4-3-5-9(10)11/h3-8H,1-2H3,(H-,14,17,18,19)/t8-/m1/s1. The second kappa shape index (κ2) is 5.01. The number of carboxylic acid groups (broad SMARTS) is 1. The van der Waals surface area contributed by atoms with Gasteiger partial charge in [-0.2, -0.15) is 0 Å². The van der Waals surface area contributed by atoms with Crippen molar-refractivity contribution in [3.8, 4) is 0 Å². The van der Waals surface area contributed by atoms with Crippen LogP contribution in [0.1, 0.15) is 17.3 Å². The van der Waals surface area contributed by atoms with Crippen LogP contribution in [-0.2, 0) is 11.8 Å². The van der Waals surface area contributed by atoms with E-state index in [4.69, 9.17) is 0 Å². The van der Waals surface area contributed by atoms with Gasteiger partial charge in [-0.15, -0.1) is 0 Å². The molecule has 6 heteroatoms. The Morgan fingerprint density at radius 3 is 2.74 bits per heavy atom. The SMILES string of the molecule is C[C@@H](NC(=O)c1c[n+](C)nc2ccccc12)C(=O)[O-]. The van der Waals surface area contributed by atoms with Crippen molar-refractivity contribution in [1.82, 2.24) is 10.4 Å². The zero-order chi connectivity index (χ0) is 14.0. The molecule has 1 atom stereocenters. The first-order valence-electron chi connectivity index (χ1n) is 5.76. The highest BCUT2D eigenvalue weighted by molar-refractivity contribution is 6.06. The lowest BCUT2D eigenvalue weighted by Gasteiger charge is -2.14. The van der Waals surface area contributed by atoms with E-state index in [0.29, 0.717) is 16.5 Å². The number of rotatable bonds is 3. The summed E-state index contributed by atoms with van der Waals surface area (Å²) in [4.78, 5) is 22.7. The van der Waals surface area contributed by atoms with Crippen molar-refractivity contribution in [2.45, 2.75) is 13.0 Å². The fourth-order valence-corrected chi connectivity index (χ4v) is 1.76. The summed E-state index contributed by atoms with van der Waals surface area (Å²) in [6.07, 6.45) is 1.56. The van der Waals surface area contributed by atoms with Crippen LogP contribution in [0.3, 0.4) is 0 Å². The van der Waals surface area contributed by atoms with Crippen molar-refractivity contribution in [1.29, 1.82) is 0 Å². The van der Waals surface area contributed by atoms with Crippen molar-refractivity contribution in [3.63, 3.8) is 0 Å². The summed E-state index contributed by atoms with van der Waals surface area (Å²) in [5.41, 5.74) is 1.04. The lowest BCUT2D eigenvalue weighted by atomic mass is 10.1. The molecule has 1 N–H and O–H groups in total. The average molecular weight is 259 g/mol. The minimum atomic E-state index is -1.32. The zero-order valence-electron chi connectivity index (χ0n) is 10.6. The number of amides is 1. The van der Waals surface area contributed by atoms with Gasteiger partial charge in [-0.3, -0.25) is 4.79 Å². The van der Waals surface area contributed by atoms with Crippen LogP contribution in [-0.4, -0.2) is 23.0 Å². The number of hydrogen-bond donors (Lipinski definition) is 1. The Labute approximate surface area is 109 Å². The molecule has 19 heavy (non-hydrogen) atoms. The van der Waals surface area contributed by atoms with E-state index in [2.05, 4.69) is 10.4 Å². The maximum atomic E-state index is 12.1. The van der Waals surface area contributed by atoms with E-state index in [1.807, 2.05) is 6.07 Å². The van der Waals surface area contributed by atoms with E-state index < -0.39 is 17.9 Å². The number of carboxylic acids is 1. The van der Waals surface area contributed by atoms with Gasteiger partial charge >= 0.3 is 0 Å². The molecule has 1 aromatic carbocycles. The Balaban J connectivity index is 2.44. The van der Waals surface area contributed by atoms with Gasteiger partial charge in [-0.25, -0.2) is 0 Å². The van der Waals surface area contributed by atoms with Crippen LogP contribution in [0.5, 0.6) is 0 Å². The number of carbonyl (C=O) groups excluding carboxylic acids is 2. The zero-order valence-corrected chi connectivity index (χ0v) is 10.6. The number of carbonyl (C=O) groups is 2. The van der Waals surface area contributed by atoms with Crippen molar-refractivity contribution in [2.24, 2.45) is 7.05 Å². The van der Waals surface area contributed by atoms with Crippen LogP contribution < -0.4 is 15.1 Å². The lowest BCUT2D eigenvalue weighted by Crippen LogP contribution is -2.46. The Morgan fingerprint density at radius 2 is 2.05 bits per heavy atom. The first-order chi connectivity index (χ1) is 8.99. The summed E-state index contributed by atoms with van der Waals surface area (Å²) in [5, 5.41) is 17.9. The molecule has 6 nitrogen and oxygen atoms in total. The molecule has 0 spiro atoms. The molecular weight excluding hydrogens is 246 g/mol. The van der Waals surface area contributed by atoms with Crippen LogP contribution in [0.25, 0.3) is 10.9 Å². The van der Waals surface area contributed by atoms with Crippen LogP contribution >= 0.6 is 0 Å². The van der Waals surface area contributed by atoms with Gasteiger partial charge in [0.05, 0.1) is 12.0 Å². The number of nitrogens with one attached hydrogen (secondary N) is 1. The van der Waals surface area contributed by atoms with Crippen molar-refractivity contribution in [3.05, 3.63) is 36.0 Å². The largest absolute Gasteiger partial charge is 0.548 e. The first-order valence-corrected chi connectivity index (χ1v) is 5.76. The summed E-state index contributed by atoms with van der Waals surface area (Å²) in [6.45, 7) is 1.36. The Bertz CT molecular complexity index is 655. The second-order valence-electron chi connectivity index (χ2n) is 4.25. The molecule has 0 aliphatic rings. The number of nitrogens with zero attached hydrogens (tertiary/aromatic N) is 2. The fourth-order valence-electron chi connectivity index (χ4n) is 1.76. The molecule has 0 aliphatic carbocycles. The van der Waals surface area contributed by atoms with Crippen molar-refractivity contribution >= 4 is 22.8 Å². The summed E-state index contributed by atoms with van der Waals surface area (Å²) in [6, 6.07) is 6.11. The van der Waals surface area contributed by atoms with E-state index in [-0.39, 0.29) is 0 Å². The fraction of sp³-hybridized carbons (Fsp3) is 0.231. The van der Waals surface area contributed by atoms with Crippen LogP contribution in [0, 0.1) is 0 Å². The van der Waals surface area contributed by atoms with Gasteiger partial charge in [0.15, 0.2) is 7.05 Å². The van der Waals surface area contributed by atoms with Crippen LogP contribution in [0.4, 0.5) is 0 Å². The second-order valence-corrected chi connectivity index (χ2v) is 4.25. The van der Waals surface area contributed by atoms with Gasteiger partial charge in [-0.05, 0) is 18.1 Å². The molecule has 0 saturated heterocycles. The quantitative estimate of drug-likeness (QED) is 0.711. The molecule has 0 unspecified atom stereocenters.